The molecule has 0 spiro atoms. The quantitative estimate of drug-likeness (QED) is 0.740. The Hall–Kier alpha value is -1.71. The molecule has 0 aliphatic heterocycles. The number of nitrogens with zero attached hydrogens (tertiary/aromatic N) is 2. The van der Waals surface area contributed by atoms with Gasteiger partial charge in [-0.3, -0.25) is 0 Å². The molecule has 1 heterocycles. The van der Waals surface area contributed by atoms with Gasteiger partial charge < -0.3 is 0 Å². The molecule has 0 atom stereocenters. The van der Waals surface area contributed by atoms with Gasteiger partial charge in [0.05, 0.1) is 6.20 Å². The number of halogens is 2. The zero-order valence-corrected chi connectivity index (χ0v) is 8.19. The zero-order chi connectivity index (χ0) is 10.8. The van der Waals surface area contributed by atoms with E-state index in [1.165, 1.54) is 12.4 Å². The lowest BCUT2D eigenvalue weighted by atomic mass is 10.1. The van der Waals surface area contributed by atoms with Gasteiger partial charge in [0.15, 0.2) is 0 Å². The number of aromatic nitrogens is 2. The van der Waals surface area contributed by atoms with Crippen molar-refractivity contribution in [2.45, 2.75) is 13.5 Å². The van der Waals surface area contributed by atoms with Gasteiger partial charge in [0.1, 0.15) is 0 Å². The highest BCUT2D eigenvalue weighted by atomic mass is 19.3. The SMILES string of the molecule is Cc1ccc(-c2cnn(C(F)F)c2)cc1. The molecule has 0 N–H and O–H groups in total. The van der Waals surface area contributed by atoms with E-state index in [4.69, 9.17) is 0 Å². The topological polar surface area (TPSA) is 17.8 Å². The Bertz CT molecular complexity index is 446. The molecule has 0 bridgehead atoms. The van der Waals surface area contributed by atoms with Gasteiger partial charge in [-0.05, 0) is 12.5 Å². The summed E-state index contributed by atoms with van der Waals surface area (Å²) in [5.74, 6) is 0. The Kier molecular flexibility index (Phi) is 2.49. The van der Waals surface area contributed by atoms with E-state index >= 15 is 0 Å². The van der Waals surface area contributed by atoms with Crippen LogP contribution in [0.5, 0.6) is 0 Å². The van der Waals surface area contributed by atoms with E-state index in [0.29, 0.717) is 10.2 Å². The standard InChI is InChI=1S/C11H10F2N2/c1-8-2-4-9(5-3-8)10-6-14-15(7-10)11(12)13/h2-7,11H,1H3. The van der Waals surface area contributed by atoms with Gasteiger partial charge in [0.25, 0.3) is 0 Å². The molecule has 2 aromatic rings. The van der Waals surface area contributed by atoms with Gasteiger partial charge in [0, 0.05) is 11.8 Å². The molecular weight excluding hydrogens is 198 g/mol. The number of rotatable bonds is 2. The maximum atomic E-state index is 12.3. The van der Waals surface area contributed by atoms with E-state index in [1.54, 1.807) is 0 Å². The fraction of sp³-hybridized carbons (Fsp3) is 0.182. The molecule has 0 radical (unpaired) electrons. The van der Waals surface area contributed by atoms with E-state index in [-0.39, 0.29) is 0 Å². The summed E-state index contributed by atoms with van der Waals surface area (Å²) in [5, 5.41) is 3.58. The molecular formula is C11H10F2N2. The maximum Gasteiger partial charge on any atom is 0.333 e. The van der Waals surface area contributed by atoms with Crippen molar-refractivity contribution >= 4 is 0 Å². The molecule has 0 aliphatic carbocycles. The third-order valence-corrected chi connectivity index (χ3v) is 2.19. The summed E-state index contributed by atoms with van der Waals surface area (Å²) in [6.45, 7) is -0.601. The molecule has 0 amide bonds. The molecule has 0 saturated heterocycles. The van der Waals surface area contributed by atoms with Crippen LogP contribution in [-0.2, 0) is 0 Å². The van der Waals surface area contributed by atoms with Gasteiger partial charge >= 0.3 is 6.55 Å². The fourth-order valence-electron chi connectivity index (χ4n) is 1.34. The Morgan fingerprint density at radius 2 is 1.80 bits per heavy atom. The first-order chi connectivity index (χ1) is 7.16. The van der Waals surface area contributed by atoms with Gasteiger partial charge in [-0.15, -0.1) is 0 Å². The van der Waals surface area contributed by atoms with Crippen LogP contribution in [0.15, 0.2) is 36.7 Å². The van der Waals surface area contributed by atoms with E-state index in [1.807, 2.05) is 31.2 Å². The fourth-order valence-corrected chi connectivity index (χ4v) is 1.34. The van der Waals surface area contributed by atoms with E-state index in [9.17, 15) is 8.78 Å². The monoisotopic (exact) mass is 208 g/mol. The van der Waals surface area contributed by atoms with Crippen molar-refractivity contribution in [2.75, 3.05) is 0 Å². The van der Waals surface area contributed by atoms with E-state index in [0.717, 1.165) is 11.1 Å². The van der Waals surface area contributed by atoms with Gasteiger partial charge in [-0.1, -0.05) is 29.8 Å². The predicted octanol–water partition coefficient (Wildman–Crippen LogP) is 3.25. The summed E-state index contributed by atoms with van der Waals surface area (Å²) >= 11 is 0. The lowest BCUT2D eigenvalue weighted by Crippen LogP contribution is -1.96. The summed E-state index contributed by atoms with van der Waals surface area (Å²) in [6, 6.07) is 7.66. The van der Waals surface area contributed by atoms with Gasteiger partial charge in [-0.2, -0.15) is 13.9 Å². The molecule has 0 aliphatic rings. The Balaban J connectivity index is 2.33. The molecule has 2 nitrogen and oxygen atoms in total. The summed E-state index contributed by atoms with van der Waals surface area (Å²) in [5.41, 5.74) is 2.74. The molecule has 15 heavy (non-hydrogen) atoms. The van der Waals surface area contributed by atoms with Crippen LogP contribution in [0.3, 0.4) is 0 Å². The predicted molar refractivity (Wildman–Crippen MR) is 53.7 cm³/mol. The van der Waals surface area contributed by atoms with Crippen molar-refractivity contribution in [3.05, 3.63) is 42.2 Å². The second kappa shape index (κ2) is 3.81. The number of aryl methyl sites for hydroxylation is 1. The Morgan fingerprint density at radius 3 is 2.33 bits per heavy atom. The number of alkyl halides is 2. The number of benzene rings is 1. The van der Waals surface area contributed by atoms with Crippen molar-refractivity contribution in [3.8, 4) is 11.1 Å². The first kappa shape index (κ1) is 9.83. The molecule has 0 fully saturated rings. The third-order valence-electron chi connectivity index (χ3n) is 2.19. The van der Waals surface area contributed by atoms with Crippen molar-refractivity contribution in [1.82, 2.24) is 9.78 Å². The molecule has 4 heteroatoms. The van der Waals surface area contributed by atoms with Gasteiger partial charge in [0.2, 0.25) is 0 Å². The Labute approximate surface area is 86.2 Å². The molecule has 0 saturated carbocycles. The van der Waals surface area contributed by atoms with Crippen LogP contribution in [0.4, 0.5) is 8.78 Å². The maximum absolute atomic E-state index is 12.3. The lowest BCUT2D eigenvalue weighted by molar-refractivity contribution is 0.0566. The minimum absolute atomic E-state index is 0.648. The van der Waals surface area contributed by atoms with Crippen LogP contribution in [0, 0.1) is 6.92 Å². The van der Waals surface area contributed by atoms with Crippen molar-refractivity contribution < 1.29 is 8.78 Å². The highest BCUT2D eigenvalue weighted by Crippen LogP contribution is 2.20. The zero-order valence-electron chi connectivity index (χ0n) is 8.19. The minimum atomic E-state index is -2.58. The second-order valence-corrected chi connectivity index (χ2v) is 3.35. The highest BCUT2D eigenvalue weighted by Gasteiger charge is 2.07. The average molecular weight is 208 g/mol. The van der Waals surface area contributed by atoms with Crippen LogP contribution >= 0.6 is 0 Å². The largest absolute Gasteiger partial charge is 0.333 e. The summed E-state index contributed by atoms with van der Waals surface area (Å²) < 4.78 is 25.2. The number of hydrogen-bond acceptors (Lipinski definition) is 1. The molecule has 0 unspecified atom stereocenters. The molecule has 78 valence electrons. The number of hydrogen-bond donors (Lipinski definition) is 0. The highest BCUT2D eigenvalue weighted by molar-refractivity contribution is 5.61. The first-order valence-electron chi connectivity index (χ1n) is 4.56. The van der Waals surface area contributed by atoms with E-state index < -0.39 is 6.55 Å². The smallest absolute Gasteiger partial charge is 0.211 e. The molecule has 2 rings (SSSR count). The summed E-state index contributed by atoms with van der Waals surface area (Å²) in [4.78, 5) is 0. The van der Waals surface area contributed by atoms with Crippen LogP contribution in [-0.4, -0.2) is 9.78 Å². The van der Waals surface area contributed by atoms with Crippen molar-refractivity contribution in [3.63, 3.8) is 0 Å². The summed E-state index contributed by atoms with van der Waals surface area (Å²) in [7, 11) is 0. The van der Waals surface area contributed by atoms with Crippen LogP contribution in [0.1, 0.15) is 12.1 Å². The summed E-state index contributed by atoms with van der Waals surface area (Å²) in [6.07, 6.45) is 2.78. The minimum Gasteiger partial charge on any atom is -0.211 e. The normalized spacial score (nSPS) is 10.9. The van der Waals surface area contributed by atoms with E-state index in [2.05, 4.69) is 5.10 Å². The van der Waals surface area contributed by atoms with Gasteiger partial charge in [-0.25, -0.2) is 4.68 Å². The van der Waals surface area contributed by atoms with Crippen LogP contribution < -0.4 is 0 Å². The third kappa shape index (κ3) is 2.03. The molecule has 1 aromatic carbocycles. The second-order valence-electron chi connectivity index (χ2n) is 3.35. The Morgan fingerprint density at radius 1 is 1.13 bits per heavy atom. The van der Waals surface area contributed by atoms with Crippen molar-refractivity contribution in [2.24, 2.45) is 0 Å². The van der Waals surface area contributed by atoms with Crippen LogP contribution in [0.25, 0.3) is 11.1 Å². The lowest BCUT2D eigenvalue weighted by Gasteiger charge is -1.98. The van der Waals surface area contributed by atoms with Crippen LogP contribution in [0.2, 0.25) is 0 Å². The molecule has 1 aromatic heterocycles. The first-order valence-corrected chi connectivity index (χ1v) is 4.56. The average Bonchev–Trinajstić information content (AvgIpc) is 2.68. The van der Waals surface area contributed by atoms with Crippen molar-refractivity contribution in [1.29, 1.82) is 0 Å².